The third-order valence-corrected chi connectivity index (χ3v) is 4.33. The van der Waals surface area contributed by atoms with E-state index in [0.29, 0.717) is 6.04 Å². The van der Waals surface area contributed by atoms with Crippen LogP contribution in [0.2, 0.25) is 0 Å². The molecule has 92 valence electrons. The Morgan fingerprint density at radius 2 is 2.06 bits per heavy atom. The van der Waals surface area contributed by atoms with Crippen LogP contribution in [0.4, 0.5) is 0 Å². The van der Waals surface area contributed by atoms with Crippen molar-refractivity contribution in [2.45, 2.75) is 43.9 Å². The molecule has 1 amide bonds. The Morgan fingerprint density at radius 3 is 2.69 bits per heavy atom. The molecular formula is C11H20N2O2S. The summed E-state index contributed by atoms with van der Waals surface area (Å²) in [5.41, 5.74) is 5.21. The maximum Gasteiger partial charge on any atom is 0.246 e. The van der Waals surface area contributed by atoms with E-state index < -0.39 is 0 Å². The van der Waals surface area contributed by atoms with E-state index in [-0.39, 0.29) is 18.1 Å². The first-order chi connectivity index (χ1) is 7.75. The molecule has 0 aliphatic carbocycles. The number of ether oxygens (including phenoxy) is 1. The molecule has 0 bridgehead atoms. The van der Waals surface area contributed by atoms with Gasteiger partial charge in [0.05, 0.1) is 6.10 Å². The average molecular weight is 244 g/mol. The first kappa shape index (κ1) is 12.2. The molecule has 0 radical (unpaired) electrons. The number of carbonyl (C=O) groups is 1. The molecule has 2 rings (SSSR count). The zero-order valence-corrected chi connectivity index (χ0v) is 10.3. The number of rotatable bonds is 4. The van der Waals surface area contributed by atoms with Crippen LogP contribution in [0.15, 0.2) is 0 Å². The van der Waals surface area contributed by atoms with Gasteiger partial charge in [-0.2, -0.15) is 11.8 Å². The van der Waals surface area contributed by atoms with Crippen molar-refractivity contribution < 1.29 is 9.53 Å². The molecule has 16 heavy (non-hydrogen) atoms. The SMILES string of the molecule is NC(=O)C1CCC(CNC2CCSCC2)O1. The van der Waals surface area contributed by atoms with E-state index in [1.807, 2.05) is 11.8 Å². The van der Waals surface area contributed by atoms with Crippen molar-refractivity contribution in [3.05, 3.63) is 0 Å². The molecule has 0 spiro atoms. The number of thioether (sulfide) groups is 1. The molecule has 2 fully saturated rings. The number of hydrogen-bond acceptors (Lipinski definition) is 4. The second-order valence-electron chi connectivity index (χ2n) is 4.52. The van der Waals surface area contributed by atoms with Gasteiger partial charge in [-0.3, -0.25) is 4.79 Å². The van der Waals surface area contributed by atoms with Crippen LogP contribution in [-0.4, -0.2) is 42.2 Å². The summed E-state index contributed by atoms with van der Waals surface area (Å²) in [6.07, 6.45) is 4.04. The van der Waals surface area contributed by atoms with Crippen LogP contribution in [0, 0.1) is 0 Å². The normalized spacial score (nSPS) is 31.8. The van der Waals surface area contributed by atoms with E-state index in [2.05, 4.69) is 5.32 Å². The van der Waals surface area contributed by atoms with Gasteiger partial charge in [-0.25, -0.2) is 0 Å². The van der Waals surface area contributed by atoms with E-state index in [9.17, 15) is 4.79 Å². The largest absolute Gasteiger partial charge is 0.367 e. The molecule has 0 aromatic heterocycles. The number of nitrogens with two attached hydrogens (primary N) is 1. The predicted octanol–water partition coefficient (Wildman–Crippen LogP) is 0.504. The Hall–Kier alpha value is -0.260. The third-order valence-electron chi connectivity index (χ3n) is 3.28. The lowest BCUT2D eigenvalue weighted by atomic mass is 10.1. The fourth-order valence-corrected chi connectivity index (χ4v) is 3.37. The molecule has 2 atom stereocenters. The highest BCUT2D eigenvalue weighted by atomic mass is 32.2. The Morgan fingerprint density at radius 1 is 1.31 bits per heavy atom. The molecule has 2 aliphatic heterocycles. The molecule has 2 unspecified atom stereocenters. The van der Waals surface area contributed by atoms with Crippen molar-refractivity contribution >= 4 is 17.7 Å². The minimum absolute atomic E-state index is 0.173. The van der Waals surface area contributed by atoms with Gasteiger partial charge in [0.1, 0.15) is 6.10 Å². The van der Waals surface area contributed by atoms with Gasteiger partial charge in [0.25, 0.3) is 0 Å². The van der Waals surface area contributed by atoms with E-state index in [1.54, 1.807) is 0 Å². The quantitative estimate of drug-likeness (QED) is 0.756. The molecule has 2 heterocycles. The second kappa shape index (κ2) is 5.89. The van der Waals surface area contributed by atoms with E-state index in [0.717, 1.165) is 19.4 Å². The molecule has 0 aromatic carbocycles. The van der Waals surface area contributed by atoms with Crippen molar-refractivity contribution in [2.75, 3.05) is 18.1 Å². The van der Waals surface area contributed by atoms with Crippen LogP contribution in [0.5, 0.6) is 0 Å². The minimum atomic E-state index is -0.353. The molecular weight excluding hydrogens is 224 g/mol. The summed E-state index contributed by atoms with van der Waals surface area (Å²) in [7, 11) is 0. The summed E-state index contributed by atoms with van der Waals surface area (Å²) in [5.74, 6) is 2.19. The van der Waals surface area contributed by atoms with Crippen LogP contribution in [0.1, 0.15) is 25.7 Å². The van der Waals surface area contributed by atoms with Gasteiger partial charge < -0.3 is 15.8 Å². The number of nitrogens with one attached hydrogen (secondary N) is 1. The number of carbonyl (C=O) groups excluding carboxylic acids is 1. The van der Waals surface area contributed by atoms with Gasteiger partial charge in [0.2, 0.25) is 5.91 Å². The van der Waals surface area contributed by atoms with Crippen LogP contribution < -0.4 is 11.1 Å². The van der Waals surface area contributed by atoms with Crippen LogP contribution in [0.25, 0.3) is 0 Å². The topological polar surface area (TPSA) is 64.4 Å². The summed E-state index contributed by atoms with van der Waals surface area (Å²) >= 11 is 2.03. The lowest BCUT2D eigenvalue weighted by Crippen LogP contribution is -2.38. The highest BCUT2D eigenvalue weighted by Crippen LogP contribution is 2.20. The monoisotopic (exact) mass is 244 g/mol. The zero-order valence-electron chi connectivity index (χ0n) is 9.48. The number of amides is 1. The van der Waals surface area contributed by atoms with Crippen LogP contribution in [0.3, 0.4) is 0 Å². The fraction of sp³-hybridized carbons (Fsp3) is 0.909. The Labute approximate surface area is 101 Å². The van der Waals surface area contributed by atoms with Crippen molar-refractivity contribution in [1.82, 2.24) is 5.32 Å². The summed E-state index contributed by atoms with van der Waals surface area (Å²) in [6.45, 7) is 0.860. The Kier molecular flexibility index (Phi) is 4.49. The number of hydrogen-bond donors (Lipinski definition) is 2. The van der Waals surface area contributed by atoms with Crippen molar-refractivity contribution in [2.24, 2.45) is 5.73 Å². The maximum absolute atomic E-state index is 10.9. The van der Waals surface area contributed by atoms with Crippen LogP contribution >= 0.6 is 11.8 Å². The molecule has 0 aromatic rings. The van der Waals surface area contributed by atoms with Gasteiger partial charge >= 0.3 is 0 Å². The fourth-order valence-electron chi connectivity index (χ4n) is 2.26. The third kappa shape index (κ3) is 3.37. The molecule has 2 aliphatic rings. The number of primary amides is 1. The highest BCUT2D eigenvalue weighted by molar-refractivity contribution is 7.99. The molecule has 3 N–H and O–H groups in total. The van der Waals surface area contributed by atoms with Gasteiger partial charge in [0.15, 0.2) is 0 Å². The first-order valence-corrected chi connectivity index (χ1v) is 7.17. The average Bonchev–Trinajstić information content (AvgIpc) is 2.76. The lowest BCUT2D eigenvalue weighted by Gasteiger charge is -2.24. The van der Waals surface area contributed by atoms with Crippen molar-refractivity contribution in [3.8, 4) is 0 Å². The molecule has 0 saturated carbocycles. The second-order valence-corrected chi connectivity index (χ2v) is 5.75. The standard InChI is InChI=1S/C11H20N2O2S/c12-11(14)10-2-1-9(15-10)7-13-8-3-5-16-6-4-8/h8-10,13H,1-7H2,(H2,12,14). The van der Waals surface area contributed by atoms with Crippen LogP contribution in [-0.2, 0) is 9.53 Å². The lowest BCUT2D eigenvalue weighted by molar-refractivity contribution is -0.128. The summed E-state index contributed by atoms with van der Waals surface area (Å²) in [4.78, 5) is 10.9. The van der Waals surface area contributed by atoms with Gasteiger partial charge in [-0.1, -0.05) is 0 Å². The zero-order chi connectivity index (χ0) is 11.4. The summed E-state index contributed by atoms with van der Waals surface area (Å²) < 4.78 is 5.57. The maximum atomic E-state index is 10.9. The smallest absolute Gasteiger partial charge is 0.246 e. The Balaban J connectivity index is 1.65. The Bertz CT molecular complexity index is 244. The van der Waals surface area contributed by atoms with E-state index >= 15 is 0 Å². The van der Waals surface area contributed by atoms with Gasteiger partial charge in [0, 0.05) is 12.6 Å². The highest BCUT2D eigenvalue weighted by Gasteiger charge is 2.29. The van der Waals surface area contributed by atoms with Gasteiger partial charge in [-0.05, 0) is 37.2 Å². The summed E-state index contributed by atoms with van der Waals surface area (Å²) in [6, 6.07) is 0.637. The first-order valence-electron chi connectivity index (χ1n) is 6.01. The predicted molar refractivity (Wildman–Crippen MR) is 65.4 cm³/mol. The van der Waals surface area contributed by atoms with E-state index in [4.69, 9.17) is 10.5 Å². The summed E-state index contributed by atoms with van der Waals surface area (Å²) in [5, 5.41) is 3.53. The molecule has 2 saturated heterocycles. The van der Waals surface area contributed by atoms with Gasteiger partial charge in [-0.15, -0.1) is 0 Å². The molecule has 4 nitrogen and oxygen atoms in total. The van der Waals surface area contributed by atoms with Crippen molar-refractivity contribution in [3.63, 3.8) is 0 Å². The van der Waals surface area contributed by atoms with E-state index in [1.165, 1.54) is 24.3 Å². The molecule has 5 heteroatoms. The minimum Gasteiger partial charge on any atom is -0.367 e. The van der Waals surface area contributed by atoms with Crippen molar-refractivity contribution in [1.29, 1.82) is 0 Å².